The number of methoxy groups -OCH3 is 1. The highest BCUT2D eigenvalue weighted by molar-refractivity contribution is 5.39. The zero-order chi connectivity index (χ0) is 13.0. The highest BCUT2D eigenvalue weighted by Crippen LogP contribution is 2.26. The van der Waals surface area contributed by atoms with E-state index in [0.717, 1.165) is 0 Å². The molecular formula is C14H21NO3. The number of nitrogens with one attached hydrogen (secondary N) is 1. The number of rotatable bonds is 7. The van der Waals surface area contributed by atoms with Gasteiger partial charge in [0.1, 0.15) is 12.2 Å². The lowest BCUT2D eigenvalue weighted by Gasteiger charge is -2.24. The average Bonchev–Trinajstić information content (AvgIpc) is 3.19. The molecule has 0 spiro atoms. The van der Waals surface area contributed by atoms with E-state index in [0.29, 0.717) is 24.1 Å². The zero-order valence-electron chi connectivity index (χ0n) is 11.0. The van der Waals surface area contributed by atoms with Gasteiger partial charge >= 0.3 is 0 Å². The number of para-hydroxylation sites is 2. The summed E-state index contributed by atoms with van der Waals surface area (Å²) in [5.74, 6) is 1.34. The number of ether oxygens (including phenoxy) is 2. The number of aliphatic hydroxyl groups is 1. The maximum Gasteiger partial charge on any atom is 0.161 e. The summed E-state index contributed by atoms with van der Waals surface area (Å²) in [4.78, 5) is 0. The summed E-state index contributed by atoms with van der Waals surface area (Å²) in [7, 11) is 1.61. The summed E-state index contributed by atoms with van der Waals surface area (Å²) in [5.41, 5.74) is -0.872. The summed E-state index contributed by atoms with van der Waals surface area (Å²) in [6.45, 7) is 2.57. The van der Waals surface area contributed by atoms with Gasteiger partial charge in [0.2, 0.25) is 0 Å². The Hall–Kier alpha value is -1.26. The average molecular weight is 251 g/mol. The van der Waals surface area contributed by atoms with E-state index in [1.807, 2.05) is 24.3 Å². The number of hydrogen-bond acceptors (Lipinski definition) is 4. The lowest BCUT2D eigenvalue weighted by atomic mass is 10.1. The first-order valence-corrected chi connectivity index (χ1v) is 6.32. The highest BCUT2D eigenvalue weighted by Gasteiger charge is 2.27. The lowest BCUT2D eigenvalue weighted by Crippen LogP contribution is -2.43. The molecule has 0 saturated heterocycles. The molecule has 4 nitrogen and oxygen atoms in total. The molecule has 1 aliphatic rings. The fourth-order valence-electron chi connectivity index (χ4n) is 1.67. The monoisotopic (exact) mass is 251 g/mol. The molecule has 1 unspecified atom stereocenters. The molecule has 2 rings (SSSR count). The predicted octanol–water partition coefficient (Wildman–Crippen LogP) is 1.58. The van der Waals surface area contributed by atoms with Crippen molar-refractivity contribution in [3.05, 3.63) is 24.3 Å². The Labute approximate surface area is 108 Å². The maximum atomic E-state index is 10.2. The molecular weight excluding hydrogens is 230 g/mol. The van der Waals surface area contributed by atoms with Gasteiger partial charge in [0.05, 0.1) is 7.11 Å². The van der Waals surface area contributed by atoms with Crippen LogP contribution in [-0.4, -0.2) is 37.0 Å². The fourth-order valence-corrected chi connectivity index (χ4v) is 1.67. The van der Waals surface area contributed by atoms with Crippen molar-refractivity contribution in [3.63, 3.8) is 0 Å². The van der Waals surface area contributed by atoms with Crippen LogP contribution in [0, 0.1) is 0 Å². The van der Waals surface area contributed by atoms with Crippen LogP contribution in [0.15, 0.2) is 24.3 Å². The molecule has 1 aromatic carbocycles. The van der Waals surface area contributed by atoms with Gasteiger partial charge in [-0.2, -0.15) is 0 Å². The standard InChI is InChI=1S/C14H21NO3/c1-14(16,9-15-11-7-8-11)10-18-13-6-4-3-5-12(13)17-2/h3-6,11,15-16H,7-10H2,1-2H3. The molecule has 0 aromatic heterocycles. The molecule has 4 heteroatoms. The zero-order valence-corrected chi connectivity index (χ0v) is 11.0. The number of benzene rings is 1. The van der Waals surface area contributed by atoms with Crippen LogP contribution in [0.1, 0.15) is 19.8 Å². The van der Waals surface area contributed by atoms with Crippen LogP contribution >= 0.6 is 0 Å². The third-order valence-corrected chi connectivity index (χ3v) is 2.96. The second-order valence-corrected chi connectivity index (χ2v) is 5.09. The van der Waals surface area contributed by atoms with Crippen molar-refractivity contribution in [1.82, 2.24) is 5.32 Å². The van der Waals surface area contributed by atoms with Crippen LogP contribution < -0.4 is 14.8 Å². The first-order chi connectivity index (χ1) is 8.61. The molecule has 100 valence electrons. The van der Waals surface area contributed by atoms with Crippen molar-refractivity contribution in [2.45, 2.75) is 31.4 Å². The molecule has 2 N–H and O–H groups in total. The maximum absolute atomic E-state index is 10.2. The topological polar surface area (TPSA) is 50.7 Å². The van der Waals surface area contributed by atoms with E-state index < -0.39 is 5.60 Å². The van der Waals surface area contributed by atoms with Crippen LogP contribution in [0.4, 0.5) is 0 Å². The van der Waals surface area contributed by atoms with Crippen molar-refractivity contribution in [3.8, 4) is 11.5 Å². The Bertz CT molecular complexity index is 388. The van der Waals surface area contributed by atoms with Crippen LogP contribution in [0.3, 0.4) is 0 Å². The third kappa shape index (κ3) is 3.89. The van der Waals surface area contributed by atoms with Gasteiger partial charge in [0, 0.05) is 12.6 Å². The second-order valence-electron chi connectivity index (χ2n) is 5.09. The molecule has 1 fully saturated rings. The molecule has 1 atom stereocenters. The van der Waals surface area contributed by atoms with Gasteiger partial charge in [-0.15, -0.1) is 0 Å². The second kappa shape index (κ2) is 5.59. The molecule has 0 heterocycles. The Morgan fingerprint density at radius 3 is 2.61 bits per heavy atom. The Balaban J connectivity index is 1.84. The first-order valence-electron chi connectivity index (χ1n) is 6.32. The molecule has 0 amide bonds. The van der Waals surface area contributed by atoms with E-state index in [1.54, 1.807) is 14.0 Å². The Kier molecular flexibility index (Phi) is 4.09. The van der Waals surface area contributed by atoms with E-state index >= 15 is 0 Å². The summed E-state index contributed by atoms with van der Waals surface area (Å²) < 4.78 is 10.8. The van der Waals surface area contributed by atoms with E-state index in [4.69, 9.17) is 9.47 Å². The molecule has 1 saturated carbocycles. The molecule has 0 aliphatic heterocycles. The molecule has 1 aliphatic carbocycles. The van der Waals surface area contributed by atoms with E-state index in [2.05, 4.69) is 5.32 Å². The van der Waals surface area contributed by atoms with Crippen LogP contribution in [0.5, 0.6) is 11.5 Å². The molecule has 18 heavy (non-hydrogen) atoms. The van der Waals surface area contributed by atoms with Crippen molar-refractivity contribution in [2.24, 2.45) is 0 Å². The summed E-state index contributed by atoms with van der Waals surface area (Å²) in [5, 5.41) is 13.5. The minimum atomic E-state index is -0.872. The largest absolute Gasteiger partial charge is 0.493 e. The highest BCUT2D eigenvalue weighted by atomic mass is 16.5. The van der Waals surface area contributed by atoms with Crippen molar-refractivity contribution >= 4 is 0 Å². The molecule has 0 radical (unpaired) electrons. The third-order valence-electron chi connectivity index (χ3n) is 2.96. The first kappa shape index (κ1) is 13.2. The molecule has 0 bridgehead atoms. The quantitative estimate of drug-likeness (QED) is 0.772. The lowest BCUT2D eigenvalue weighted by molar-refractivity contribution is 0.0113. The van der Waals surface area contributed by atoms with E-state index in [9.17, 15) is 5.11 Å². The van der Waals surface area contributed by atoms with Crippen molar-refractivity contribution in [2.75, 3.05) is 20.3 Å². The summed E-state index contributed by atoms with van der Waals surface area (Å²) >= 11 is 0. The van der Waals surface area contributed by atoms with Crippen molar-refractivity contribution < 1.29 is 14.6 Å². The van der Waals surface area contributed by atoms with Crippen molar-refractivity contribution in [1.29, 1.82) is 0 Å². The van der Waals surface area contributed by atoms with Gasteiger partial charge in [0.15, 0.2) is 11.5 Å². The van der Waals surface area contributed by atoms with Gasteiger partial charge in [-0.3, -0.25) is 0 Å². The number of hydrogen-bond donors (Lipinski definition) is 2. The fraction of sp³-hybridized carbons (Fsp3) is 0.571. The Morgan fingerprint density at radius 2 is 2.00 bits per heavy atom. The minimum absolute atomic E-state index is 0.243. The normalized spacial score (nSPS) is 18.2. The SMILES string of the molecule is COc1ccccc1OCC(C)(O)CNC1CC1. The smallest absolute Gasteiger partial charge is 0.161 e. The van der Waals surface area contributed by atoms with Gasteiger partial charge in [0.25, 0.3) is 0 Å². The van der Waals surface area contributed by atoms with Gasteiger partial charge in [-0.05, 0) is 31.9 Å². The molecule has 1 aromatic rings. The van der Waals surface area contributed by atoms with E-state index in [-0.39, 0.29) is 6.61 Å². The van der Waals surface area contributed by atoms with Crippen LogP contribution in [0.25, 0.3) is 0 Å². The van der Waals surface area contributed by atoms with Gasteiger partial charge in [-0.25, -0.2) is 0 Å². The summed E-state index contributed by atoms with van der Waals surface area (Å²) in [6, 6.07) is 8.03. The summed E-state index contributed by atoms with van der Waals surface area (Å²) in [6.07, 6.45) is 2.42. The van der Waals surface area contributed by atoms with Crippen LogP contribution in [-0.2, 0) is 0 Å². The van der Waals surface area contributed by atoms with Crippen LogP contribution in [0.2, 0.25) is 0 Å². The minimum Gasteiger partial charge on any atom is -0.493 e. The predicted molar refractivity (Wildman–Crippen MR) is 70.1 cm³/mol. The van der Waals surface area contributed by atoms with Gasteiger partial charge < -0.3 is 19.9 Å². The van der Waals surface area contributed by atoms with E-state index in [1.165, 1.54) is 12.8 Å². The van der Waals surface area contributed by atoms with Gasteiger partial charge in [-0.1, -0.05) is 12.1 Å². The Morgan fingerprint density at radius 1 is 1.33 bits per heavy atom.